The molecule has 1 N–H and O–H groups in total. The van der Waals surface area contributed by atoms with Crippen LogP contribution in [0.3, 0.4) is 0 Å². The molecule has 2 aromatic carbocycles. The fourth-order valence-corrected chi connectivity index (χ4v) is 2.68. The lowest BCUT2D eigenvalue weighted by molar-refractivity contribution is -0.126. The minimum absolute atomic E-state index is 0.0341. The fraction of sp³-hybridized carbons (Fsp3) is 0.182. The van der Waals surface area contributed by atoms with Crippen molar-refractivity contribution in [3.63, 3.8) is 0 Å². The predicted molar refractivity (Wildman–Crippen MR) is 108 cm³/mol. The smallest absolute Gasteiger partial charge is 0.246 e. The number of nitrogens with one attached hydrogen (secondary N) is 1. The molecule has 6 heteroatoms. The standard InChI is InChI=1S/C22H21ClN2O3/c23-20-9-5-4-8-19(20)15-27-16-21(26)25-13-18-10-11-24-22(12-18)28-14-17-6-2-1-3-7-17/h1-12H,13-16H2,(H,25,26). The van der Waals surface area contributed by atoms with Crippen LogP contribution < -0.4 is 10.1 Å². The third-order valence-electron chi connectivity index (χ3n) is 3.97. The van der Waals surface area contributed by atoms with Crippen LogP contribution in [0.2, 0.25) is 5.02 Å². The van der Waals surface area contributed by atoms with Crippen molar-refractivity contribution in [2.24, 2.45) is 0 Å². The van der Waals surface area contributed by atoms with E-state index in [-0.39, 0.29) is 12.5 Å². The van der Waals surface area contributed by atoms with Crippen LogP contribution >= 0.6 is 11.6 Å². The van der Waals surface area contributed by atoms with E-state index in [0.29, 0.717) is 30.7 Å². The van der Waals surface area contributed by atoms with E-state index in [1.165, 1.54) is 0 Å². The highest BCUT2D eigenvalue weighted by molar-refractivity contribution is 6.31. The Morgan fingerprint density at radius 2 is 1.75 bits per heavy atom. The Morgan fingerprint density at radius 1 is 0.964 bits per heavy atom. The Kier molecular flexibility index (Phi) is 7.41. The summed E-state index contributed by atoms with van der Waals surface area (Å²) >= 11 is 6.06. The SMILES string of the molecule is O=C(COCc1ccccc1Cl)NCc1ccnc(OCc2ccccc2)c1. The molecule has 144 valence electrons. The quantitative estimate of drug-likeness (QED) is 0.590. The molecule has 0 aliphatic carbocycles. The van der Waals surface area contributed by atoms with Gasteiger partial charge in [0.1, 0.15) is 13.2 Å². The zero-order chi connectivity index (χ0) is 19.6. The molecule has 0 spiro atoms. The maximum atomic E-state index is 12.0. The van der Waals surface area contributed by atoms with Gasteiger partial charge in [0.15, 0.2) is 0 Å². The van der Waals surface area contributed by atoms with Gasteiger partial charge in [-0.25, -0.2) is 4.98 Å². The van der Waals surface area contributed by atoms with E-state index in [0.717, 1.165) is 16.7 Å². The number of ether oxygens (including phenoxy) is 2. The molecule has 3 rings (SSSR count). The van der Waals surface area contributed by atoms with Crippen molar-refractivity contribution in [3.05, 3.63) is 94.6 Å². The summed E-state index contributed by atoms with van der Waals surface area (Å²) in [6.07, 6.45) is 1.66. The molecule has 0 unspecified atom stereocenters. The molecule has 0 saturated heterocycles. The molecule has 0 radical (unpaired) electrons. The molecule has 0 aliphatic heterocycles. The van der Waals surface area contributed by atoms with Crippen molar-refractivity contribution >= 4 is 17.5 Å². The van der Waals surface area contributed by atoms with Crippen molar-refractivity contribution in [1.82, 2.24) is 10.3 Å². The van der Waals surface area contributed by atoms with Crippen molar-refractivity contribution in [3.8, 4) is 5.88 Å². The number of hydrogen-bond acceptors (Lipinski definition) is 4. The lowest BCUT2D eigenvalue weighted by Gasteiger charge is -2.09. The van der Waals surface area contributed by atoms with Crippen LogP contribution in [0.25, 0.3) is 0 Å². The number of carbonyl (C=O) groups excluding carboxylic acids is 1. The molecular weight excluding hydrogens is 376 g/mol. The van der Waals surface area contributed by atoms with Crippen molar-refractivity contribution in [2.75, 3.05) is 6.61 Å². The van der Waals surface area contributed by atoms with E-state index >= 15 is 0 Å². The van der Waals surface area contributed by atoms with Gasteiger partial charge in [-0.05, 0) is 28.8 Å². The van der Waals surface area contributed by atoms with Crippen LogP contribution in [0.5, 0.6) is 5.88 Å². The molecule has 1 amide bonds. The lowest BCUT2D eigenvalue weighted by Crippen LogP contribution is -2.27. The summed E-state index contributed by atoms with van der Waals surface area (Å²) in [5.41, 5.74) is 2.82. The molecule has 1 aromatic heterocycles. The van der Waals surface area contributed by atoms with E-state index in [2.05, 4.69) is 10.3 Å². The largest absolute Gasteiger partial charge is 0.473 e. The molecule has 3 aromatic rings. The second kappa shape index (κ2) is 10.4. The van der Waals surface area contributed by atoms with Crippen molar-refractivity contribution in [1.29, 1.82) is 0 Å². The highest BCUT2D eigenvalue weighted by Crippen LogP contribution is 2.15. The van der Waals surface area contributed by atoms with Crippen LogP contribution in [0, 0.1) is 0 Å². The van der Waals surface area contributed by atoms with Gasteiger partial charge in [-0.2, -0.15) is 0 Å². The summed E-state index contributed by atoms with van der Waals surface area (Å²) in [7, 11) is 0. The number of hydrogen-bond donors (Lipinski definition) is 1. The second-order valence-corrected chi connectivity index (χ2v) is 6.54. The summed E-state index contributed by atoms with van der Waals surface area (Å²) in [6, 6.07) is 20.9. The number of amides is 1. The van der Waals surface area contributed by atoms with Gasteiger partial charge in [-0.1, -0.05) is 60.1 Å². The summed E-state index contributed by atoms with van der Waals surface area (Å²) < 4.78 is 11.1. The molecular formula is C22H21ClN2O3. The van der Waals surface area contributed by atoms with Crippen molar-refractivity contribution in [2.45, 2.75) is 19.8 Å². The van der Waals surface area contributed by atoms with Gasteiger partial charge in [0, 0.05) is 23.8 Å². The molecule has 0 bridgehead atoms. The summed E-state index contributed by atoms with van der Waals surface area (Å²) in [5, 5.41) is 3.45. The van der Waals surface area contributed by atoms with Crippen LogP contribution in [0.15, 0.2) is 72.9 Å². The first-order chi connectivity index (χ1) is 13.7. The van der Waals surface area contributed by atoms with Crippen LogP contribution in [0.4, 0.5) is 0 Å². The molecule has 5 nitrogen and oxygen atoms in total. The van der Waals surface area contributed by atoms with Gasteiger partial charge >= 0.3 is 0 Å². The summed E-state index contributed by atoms with van der Waals surface area (Å²) in [6.45, 7) is 1.07. The number of nitrogens with zero attached hydrogens (tertiary/aromatic N) is 1. The third kappa shape index (κ3) is 6.37. The van der Waals surface area contributed by atoms with Crippen LogP contribution in [-0.2, 0) is 29.3 Å². The Balaban J connectivity index is 1.41. The first-order valence-electron chi connectivity index (χ1n) is 8.90. The maximum absolute atomic E-state index is 12.0. The topological polar surface area (TPSA) is 60.5 Å². The van der Waals surface area contributed by atoms with E-state index in [1.807, 2.05) is 60.7 Å². The summed E-state index contributed by atoms with van der Waals surface area (Å²) in [5.74, 6) is 0.321. The van der Waals surface area contributed by atoms with E-state index in [9.17, 15) is 4.79 Å². The highest BCUT2D eigenvalue weighted by Gasteiger charge is 2.05. The lowest BCUT2D eigenvalue weighted by atomic mass is 10.2. The van der Waals surface area contributed by atoms with Crippen LogP contribution in [-0.4, -0.2) is 17.5 Å². The third-order valence-corrected chi connectivity index (χ3v) is 4.34. The Hall–Kier alpha value is -2.89. The highest BCUT2D eigenvalue weighted by atomic mass is 35.5. The van der Waals surface area contributed by atoms with E-state index < -0.39 is 0 Å². The number of halogens is 1. The van der Waals surface area contributed by atoms with Gasteiger partial charge in [0.25, 0.3) is 0 Å². The number of carbonyl (C=O) groups is 1. The van der Waals surface area contributed by atoms with Gasteiger partial charge in [-0.3, -0.25) is 4.79 Å². The minimum Gasteiger partial charge on any atom is -0.473 e. The van der Waals surface area contributed by atoms with E-state index in [1.54, 1.807) is 12.3 Å². The number of benzene rings is 2. The molecule has 0 saturated carbocycles. The first-order valence-corrected chi connectivity index (χ1v) is 9.28. The van der Waals surface area contributed by atoms with Gasteiger partial charge in [-0.15, -0.1) is 0 Å². The van der Waals surface area contributed by atoms with Crippen molar-refractivity contribution < 1.29 is 14.3 Å². The summed E-state index contributed by atoms with van der Waals surface area (Å²) in [4.78, 5) is 16.2. The Bertz CT molecular complexity index is 903. The number of pyridine rings is 1. The predicted octanol–water partition coefficient (Wildman–Crippen LogP) is 4.15. The second-order valence-electron chi connectivity index (χ2n) is 6.14. The average molecular weight is 397 g/mol. The average Bonchev–Trinajstić information content (AvgIpc) is 2.73. The zero-order valence-corrected chi connectivity index (χ0v) is 16.1. The van der Waals surface area contributed by atoms with Gasteiger partial charge < -0.3 is 14.8 Å². The molecule has 1 heterocycles. The van der Waals surface area contributed by atoms with Gasteiger partial charge in [0.05, 0.1) is 6.61 Å². The van der Waals surface area contributed by atoms with Crippen LogP contribution in [0.1, 0.15) is 16.7 Å². The van der Waals surface area contributed by atoms with E-state index in [4.69, 9.17) is 21.1 Å². The van der Waals surface area contributed by atoms with Gasteiger partial charge in [0.2, 0.25) is 11.8 Å². The Morgan fingerprint density at radius 3 is 2.57 bits per heavy atom. The minimum atomic E-state index is -0.199. The first kappa shape index (κ1) is 19.9. The normalized spacial score (nSPS) is 10.5. The molecule has 0 atom stereocenters. The monoisotopic (exact) mass is 396 g/mol. The Labute approximate surface area is 169 Å². The number of aromatic nitrogens is 1. The molecule has 0 fully saturated rings. The molecule has 28 heavy (non-hydrogen) atoms. The zero-order valence-electron chi connectivity index (χ0n) is 15.3. The number of rotatable bonds is 9. The fourth-order valence-electron chi connectivity index (χ4n) is 2.49. The molecule has 0 aliphatic rings. The maximum Gasteiger partial charge on any atom is 0.246 e.